The summed E-state index contributed by atoms with van der Waals surface area (Å²) in [5, 5.41) is 2.96. The first kappa shape index (κ1) is 11.2. The lowest BCUT2D eigenvalue weighted by molar-refractivity contribution is -0.121. The molecule has 90 valence electrons. The van der Waals surface area contributed by atoms with Crippen LogP contribution in [0, 0.1) is 0 Å². The van der Waals surface area contributed by atoms with E-state index in [9.17, 15) is 9.59 Å². The van der Waals surface area contributed by atoms with Crippen LogP contribution in [0.4, 0.5) is 4.79 Å². The fourth-order valence-corrected chi connectivity index (χ4v) is 2.66. The predicted octanol–water partition coefficient (Wildman–Crippen LogP) is 0.884. The maximum absolute atomic E-state index is 11.8. The minimum atomic E-state index is -0.291. The molecule has 2 bridgehead atoms. The van der Waals surface area contributed by atoms with Crippen LogP contribution in [0.1, 0.15) is 33.1 Å². The summed E-state index contributed by atoms with van der Waals surface area (Å²) in [6.07, 6.45) is 1.95. The van der Waals surface area contributed by atoms with Gasteiger partial charge in [-0.1, -0.05) is 0 Å². The first-order valence-electron chi connectivity index (χ1n) is 5.88. The van der Waals surface area contributed by atoms with E-state index in [-0.39, 0.29) is 30.1 Å². The molecule has 16 heavy (non-hydrogen) atoms. The van der Waals surface area contributed by atoms with Gasteiger partial charge in [0.1, 0.15) is 0 Å². The van der Waals surface area contributed by atoms with E-state index >= 15 is 0 Å². The van der Waals surface area contributed by atoms with Crippen molar-refractivity contribution in [3.05, 3.63) is 0 Å². The van der Waals surface area contributed by atoms with Crippen LogP contribution >= 0.6 is 0 Å². The zero-order valence-electron chi connectivity index (χ0n) is 9.73. The molecule has 0 spiro atoms. The van der Waals surface area contributed by atoms with Crippen molar-refractivity contribution in [1.29, 1.82) is 0 Å². The molecule has 3 saturated heterocycles. The molecule has 0 aromatic carbocycles. The first-order chi connectivity index (χ1) is 7.63. The Morgan fingerprint density at radius 2 is 2.31 bits per heavy atom. The summed E-state index contributed by atoms with van der Waals surface area (Å²) in [5.41, 5.74) is 0. The van der Waals surface area contributed by atoms with Gasteiger partial charge in [-0.3, -0.25) is 9.69 Å². The fraction of sp³-hybridized carbons (Fsp3) is 0.818. The molecular formula is C11H18N2O3. The molecule has 2 amide bonds. The molecule has 0 aliphatic carbocycles. The van der Waals surface area contributed by atoms with Gasteiger partial charge in [-0.25, -0.2) is 4.79 Å². The Kier molecular flexibility index (Phi) is 3.03. The lowest BCUT2D eigenvalue weighted by Gasteiger charge is -2.40. The molecule has 3 aliphatic heterocycles. The molecule has 3 atom stereocenters. The quantitative estimate of drug-likeness (QED) is 0.722. The second-order valence-corrected chi connectivity index (χ2v) is 4.46. The van der Waals surface area contributed by atoms with Crippen LogP contribution in [-0.4, -0.2) is 41.6 Å². The maximum Gasteiger partial charge on any atom is 0.410 e. The Balaban J connectivity index is 2.18. The van der Waals surface area contributed by atoms with Crippen molar-refractivity contribution in [3.8, 4) is 0 Å². The Bertz CT molecular complexity index is 306. The number of nitrogens with one attached hydrogen (secondary N) is 1. The summed E-state index contributed by atoms with van der Waals surface area (Å²) in [4.78, 5) is 25.1. The number of hydrogen-bond donors (Lipinski definition) is 1. The van der Waals surface area contributed by atoms with Crippen molar-refractivity contribution in [2.45, 2.75) is 51.2 Å². The van der Waals surface area contributed by atoms with Crippen LogP contribution in [0.5, 0.6) is 0 Å². The van der Waals surface area contributed by atoms with Crippen LogP contribution in [0.25, 0.3) is 0 Å². The number of rotatable bonds is 1. The van der Waals surface area contributed by atoms with Crippen molar-refractivity contribution in [2.24, 2.45) is 0 Å². The third-order valence-corrected chi connectivity index (χ3v) is 3.47. The number of nitrogens with zero attached hydrogens (tertiary/aromatic N) is 1. The number of fused-ring (bicyclic) bond motifs is 4. The summed E-state index contributed by atoms with van der Waals surface area (Å²) in [7, 11) is 0. The summed E-state index contributed by atoms with van der Waals surface area (Å²) in [6.45, 7) is 4.14. The molecule has 0 saturated carbocycles. The second kappa shape index (κ2) is 4.31. The van der Waals surface area contributed by atoms with Gasteiger partial charge in [0.2, 0.25) is 5.91 Å². The average Bonchev–Trinajstić information content (AvgIpc) is 2.46. The minimum absolute atomic E-state index is 0.00722. The summed E-state index contributed by atoms with van der Waals surface area (Å²) in [6, 6.07) is 0.118. The Labute approximate surface area is 95.1 Å². The Morgan fingerprint density at radius 1 is 1.56 bits per heavy atom. The van der Waals surface area contributed by atoms with Gasteiger partial charge < -0.3 is 10.1 Å². The zero-order chi connectivity index (χ0) is 11.7. The van der Waals surface area contributed by atoms with E-state index < -0.39 is 0 Å². The molecule has 0 radical (unpaired) electrons. The molecular weight excluding hydrogens is 208 g/mol. The van der Waals surface area contributed by atoms with Gasteiger partial charge in [-0.05, 0) is 26.7 Å². The highest BCUT2D eigenvalue weighted by Crippen LogP contribution is 2.29. The van der Waals surface area contributed by atoms with E-state index in [0.29, 0.717) is 13.0 Å². The molecule has 3 fully saturated rings. The normalized spacial score (nSPS) is 33.2. The van der Waals surface area contributed by atoms with Crippen LogP contribution < -0.4 is 5.32 Å². The highest BCUT2D eigenvalue weighted by molar-refractivity contribution is 5.79. The number of ether oxygens (including phenoxy) is 1. The summed E-state index contributed by atoms with van der Waals surface area (Å²) in [5.74, 6) is 0.0474. The minimum Gasteiger partial charge on any atom is -0.450 e. The monoisotopic (exact) mass is 226 g/mol. The van der Waals surface area contributed by atoms with Crippen LogP contribution in [0.2, 0.25) is 0 Å². The van der Waals surface area contributed by atoms with Gasteiger partial charge in [0.25, 0.3) is 0 Å². The molecule has 5 heteroatoms. The third kappa shape index (κ3) is 1.86. The average molecular weight is 226 g/mol. The van der Waals surface area contributed by atoms with Crippen LogP contribution in [0.3, 0.4) is 0 Å². The molecule has 0 aromatic heterocycles. The predicted molar refractivity (Wildman–Crippen MR) is 57.9 cm³/mol. The van der Waals surface area contributed by atoms with E-state index in [1.54, 1.807) is 11.8 Å². The highest BCUT2D eigenvalue weighted by Gasteiger charge is 2.42. The fourth-order valence-electron chi connectivity index (χ4n) is 2.66. The smallest absolute Gasteiger partial charge is 0.410 e. The zero-order valence-corrected chi connectivity index (χ0v) is 9.73. The summed E-state index contributed by atoms with van der Waals surface area (Å²) < 4.78 is 5.04. The van der Waals surface area contributed by atoms with Crippen molar-refractivity contribution in [3.63, 3.8) is 0 Å². The van der Waals surface area contributed by atoms with Crippen LogP contribution in [-0.2, 0) is 9.53 Å². The van der Waals surface area contributed by atoms with E-state index in [2.05, 4.69) is 5.32 Å². The van der Waals surface area contributed by atoms with Crippen molar-refractivity contribution < 1.29 is 14.3 Å². The van der Waals surface area contributed by atoms with E-state index in [0.717, 1.165) is 12.8 Å². The van der Waals surface area contributed by atoms with E-state index in [1.165, 1.54) is 0 Å². The summed E-state index contributed by atoms with van der Waals surface area (Å²) >= 11 is 0. The van der Waals surface area contributed by atoms with Crippen molar-refractivity contribution >= 4 is 12.0 Å². The number of carbonyl (C=O) groups excluding carboxylic acids is 2. The number of piperidine rings is 1. The molecule has 3 rings (SSSR count). The molecule has 3 aliphatic rings. The molecule has 0 aromatic rings. The lowest BCUT2D eigenvalue weighted by atomic mass is 9.93. The third-order valence-electron chi connectivity index (χ3n) is 3.47. The van der Waals surface area contributed by atoms with Gasteiger partial charge in [-0.2, -0.15) is 0 Å². The standard InChI is InChI=1S/C11H18N2O3/c1-3-16-11(15)13-7(2)9-5-4-8(13)6-10(14)12-9/h7-9H,3-6H2,1-2H3,(H,12,14)/t7-,8+,9+/m1/s1. The van der Waals surface area contributed by atoms with Crippen LogP contribution in [0.15, 0.2) is 0 Å². The molecule has 5 nitrogen and oxygen atoms in total. The van der Waals surface area contributed by atoms with E-state index in [1.807, 2.05) is 6.92 Å². The SMILES string of the molecule is CCOC(=O)N1[C@H]2CC[C@H](NC(=O)C2)[C@H]1C. The largest absolute Gasteiger partial charge is 0.450 e. The first-order valence-corrected chi connectivity index (χ1v) is 5.88. The Morgan fingerprint density at radius 3 is 3.00 bits per heavy atom. The lowest BCUT2D eigenvalue weighted by Crippen LogP contribution is -2.55. The van der Waals surface area contributed by atoms with Gasteiger partial charge in [0.05, 0.1) is 12.6 Å². The number of amides is 2. The Hall–Kier alpha value is -1.26. The number of hydrogen-bond acceptors (Lipinski definition) is 3. The topological polar surface area (TPSA) is 58.6 Å². The van der Waals surface area contributed by atoms with Crippen molar-refractivity contribution in [2.75, 3.05) is 6.61 Å². The van der Waals surface area contributed by atoms with E-state index in [4.69, 9.17) is 4.74 Å². The van der Waals surface area contributed by atoms with Gasteiger partial charge >= 0.3 is 6.09 Å². The van der Waals surface area contributed by atoms with Gasteiger partial charge in [0, 0.05) is 18.5 Å². The van der Waals surface area contributed by atoms with Gasteiger partial charge in [0.15, 0.2) is 0 Å². The second-order valence-electron chi connectivity index (χ2n) is 4.46. The maximum atomic E-state index is 11.8. The highest BCUT2D eigenvalue weighted by atomic mass is 16.6. The molecule has 1 N–H and O–H groups in total. The number of carbonyl (C=O) groups is 2. The van der Waals surface area contributed by atoms with Gasteiger partial charge in [-0.15, -0.1) is 0 Å². The molecule has 0 unspecified atom stereocenters. The van der Waals surface area contributed by atoms with Crippen molar-refractivity contribution in [1.82, 2.24) is 10.2 Å². The molecule has 3 heterocycles.